The van der Waals surface area contributed by atoms with Gasteiger partial charge in [-0.3, -0.25) is 8.97 Å². The summed E-state index contributed by atoms with van der Waals surface area (Å²) in [6, 6.07) is 105. The van der Waals surface area contributed by atoms with Crippen molar-refractivity contribution >= 4 is 80.2 Å². The summed E-state index contributed by atoms with van der Waals surface area (Å²) in [6.07, 6.45) is 2.02. The van der Waals surface area contributed by atoms with Gasteiger partial charge in [-0.15, -0.1) is 0 Å². The summed E-state index contributed by atoms with van der Waals surface area (Å²) in [6.45, 7) is 7.01. The highest BCUT2D eigenvalue weighted by Gasteiger charge is 2.52. The van der Waals surface area contributed by atoms with Gasteiger partial charge in [-0.05, 0) is 137 Å². The van der Waals surface area contributed by atoms with E-state index in [1.54, 1.807) is 0 Å². The zero-order valence-corrected chi connectivity index (χ0v) is 51.9. The molecule has 5 nitrogen and oxygen atoms in total. The maximum atomic E-state index is 6.14. The minimum Gasteiger partial charge on any atom is -0.278 e. The standard InChI is InChI=1S/C81H57N5S2Si/c1-81(2,3)58-47-48-70-78(88-66-43-22-25-46-69(66)89(70)67-44-23-20-41-64(67)87-65-42-21-24-45-68(65)89)76(58)79-82-50-49-60(83-79)77-73(54-31-12-6-13-32-54)71(52-27-8-4-9-28-52)72(53-29-10-5-11-30-53)75(74(77)55-33-14-7-15-34-55)56-35-26-36-57(51-56)85-62-39-18-19-40-63(62)86-61-38-17-16-37-59(61)84-80(85)86/h4-51H,1-3H3. The van der Waals surface area contributed by atoms with Gasteiger partial charge in [0.15, 0.2) is 13.9 Å². The molecule has 2 aliphatic rings. The minimum atomic E-state index is -2.98. The molecule has 0 bridgehead atoms. The molecule has 0 saturated heterocycles. The maximum absolute atomic E-state index is 6.14. The number of fused-ring (bicyclic) bond motifs is 13. The third kappa shape index (κ3) is 8.35. The second-order valence-electron chi connectivity index (χ2n) is 24.1. The molecule has 0 aliphatic carbocycles. The number of benzene rings is 12. The molecule has 0 radical (unpaired) electrons. The second-order valence-corrected chi connectivity index (χ2v) is 29.9. The number of imidazole rings is 2. The van der Waals surface area contributed by atoms with Crippen molar-refractivity contribution in [2.45, 2.75) is 45.8 Å². The van der Waals surface area contributed by atoms with E-state index in [4.69, 9.17) is 15.0 Å². The lowest BCUT2D eigenvalue weighted by molar-refractivity contribution is 0.590. The Kier molecular flexibility index (Phi) is 12.6. The van der Waals surface area contributed by atoms with E-state index >= 15 is 0 Å². The predicted molar refractivity (Wildman–Crippen MR) is 374 cm³/mol. The van der Waals surface area contributed by atoms with Gasteiger partial charge in [0, 0.05) is 53.7 Å². The van der Waals surface area contributed by atoms with Crippen LogP contribution < -0.4 is 20.7 Å². The highest BCUT2D eigenvalue weighted by Crippen LogP contribution is 2.56. The largest absolute Gasteiger partial charge is 0.278 e. The fraction of sp³-hybridized carbons (Fsp3) is 0.0494. The molecule has 8 heteroatoms. The molecule has 17 rings (SSSR count). The van der Waals surface area contributed by atoms with Crippen LogP contribution in [0.4, 0.5) is 0 Å². The highest BCUT2D eigenvalue weighted by atomic mass is 32.2. The van der Waals surface area contributed by atoms with E-state index in [0.29, 0.717) is 5.82 Å². The van der Waals surface area contributed by atoms with Crippen LogP contribution in [0.15, 0.2) is 311 Å². The zero-order valence-electron chi connectivity index (χ0n) is 49.3. The van der Waals surface area contributed by atoms with Crippen molar-refractivity contribution < 1.29 is 0 Å². The predicted octanol–water partition coefficient (Wildman–Crippen LogP) is 18.5. The first kappa shape index (κ1) is 53.2. The molecule has 0 atom stereocenters. The molecule has 1 spiro atoms. The molecule has 12 aromatic carbocycles. The first-order chi connectivity index (χ1) is 43.8. The molecule has 0 saturated carbocycles. The Morgan fingerprint density at radius 1 is 0.360 bits per heavy atom. The normalized spacial score (nSPS) is 13.1. The van der Waals surface area contributed by atoms with Crippen LogP contribution in [-0.2, 0) is 5.41 Å². The molecule has 422 valence electrons. The molecule has 2 aliphatic heterocycles. The number of hydrogen-bond donors (Lipinski definition) is 0. The van der Waals surface area contributed by atoms with Crippen LogP contribution in [-0.4, -0.2) is 32.0 Å². The number of para-hydroxylation sites is 4. The summed E-state index contributed by atoms with van der Waals surface area (Å²) in [7, 11) is -2.98. The van der Waals surface area contributed by atoms with Crippen molar-refractivity contribution in [2.24, 2.45) is 0 Å². The lowest BCUT2D eigenvalue weighted by Crippen LogP contribution is -2.78. The average Bonchev–Trinajstić information content (AvgIpc) is 1.42. The van der Waals surface area contributed by atoms with E-state index in [0.717, 1.165) is 106 Å². The number of hydrogen-bond acceptors (Lipinski definition) is 5. The van der Waals surface area contributed by atoms with Crippen molar-refractivity contribution in [1.29, 1.82) is 0 Å². The summed E-state index contributed by atoms with van der Waals surface area (Å²) in [5.41, 5.74) is 20.0. The summed E-state index contributed by atoms with van der Waals surface area (Å²) in [5.74, 6) is 1.57. The Labute approximate surface area is 527 Å². The van der Waals surface area contributed by atoms with Crippen LogP contribution in [0, 0.1) is 0 Å². The first-order valence-electron chi connectivity index (χ1n) is 30.4. The first-order valence-corrected chi connectivity index (χ1v) is 34.1. The van der Waals surface area contributed by atoms with Gasteiger partial charge < -0.3 is 0 Å². The lowest BCUT2D eigenvalue weighted by Gasteiger charge is -2.44. The monoisotopic (exact) mass is 1190 g/mol. The number of rotatable bonds is 8. The molecule has 5 heterocycles. The van der Waals surface area contributed by atoms with Crippen molar-refractivity contribution in [1.82, 2.24) is 23.9 Å². The van der Waals surface area contributed by atoms with Crippen LogP contribution in [0.25, 0.3) is 112 Å². The molecule has 3 aromatic heterocycles. The topological polar surface area (TPSA) is 48.0 Å². The van der Waals surface area contributed by atoms with E-state index in [1.807, 2.05) is 29.7 Å². The van der Waals surface area contributed by atoms with Crippen molar-refractivity contribution in [3.05, 3.63) is 297 Å². The number of nitrogens with zero attached hydrogens (tertiary/aromatic N) is 5. The van der Waals surface area contributed by atoms with Gasteiger partial charge >= 0.3 is 0 Å². The Morgan fingerprint density at radius 3 is 1.38 bits per heavy atom. The number of aromatic nitrogens is 5. The SMILES string of the molecule is CC(C)(C)c1ccc2c(c1-c1nccc(-c3c(-c4ccccc4)c(-c4ccccc4)c(-c4ccccc4)c(-c4cccc(-n5c6ccccc6n6c7ccccc7nc56)c4)c3-c3ccccc3)n1)Sc1ccccc1[Si]21c2ccccc2Sc2ccccc21. The van der Waals surface area contributed by atoms with Gasteiger partial charge in [0.25, 0.3) is 0 Å². The van der Waals surface area contributed by atoms with Crippen LogP contribution in [0.1, 0.15) is 26.3 Å². The quantitative estimate of drug-likeness (QED) is 0.142. The fourth-order valence-corrected chi connectivity index (χ4v) is 23.7. The maximum Gasteiger partial charge on any atom is 0.220 e. The van der Waals surface area contributed by atoms with Crippen LogP contribution in [0.3, 0.4) is 0 Å². The third-order valence-electron chi connectivity index (χ3n) is 18.1. The zero-order chi connectivity index (χ0) is 59.4. The molecule has 15 aromatic rings. The Hall–Kier alpha value is -10.1. The summed E-state index contributed by atoms with van der Waals surface area (Å²) in [5, 5.41) is 5.67. The molecule has 0 unspecified atom stereocenters. The molecule has 0 fully saturated rings. The van der Waals surface area contributed by atoms with E-state index in [9.17, 15) is 0 Å². The van der Waals surface area contributed by atoms with Gasteiger partial charge in [0.05, 0.1) is 27.8 Å². The summed E-state index contributed by atoms with van der Waals surface area (Å²) >= 11 is 3.80. The third-order valence-corrected chi connectivity index (χ3v) is 26.1. The van der Waals surface area contributed by atoms with Crippen molar-refractivity contribution in [3.63, 3.8) is 0 Å². The molecule has 89 heavy (non-hydrogen) atoms. The smallest absolute Gasteiger partial charge is 0.220 e. The second kappa shape index (κ2) is 21.1. The highest BCUT2D eigenvalue weighted by molar-refractivity contribution is 8.01. The summed E-state index contributed by atoms with van der Waals surface area (Å²) in [4.78, 5) is 22.2. The van der Waals surface area contributed by atoms with Gasteiger partial charge in [-0.2, -0.15) is 0 Å². The van der Waals surface area contributed by atoms with Crippen molar-refractivity contribution in [2.75, 3.05) is 0 Å². The lowest BCUT2D eigenvalue weighted by atomic mass is 9.75. The van der Waals surface area contributed by atoms with E-state index in [2.05, 4.69) is 315 Å². The van der Waals surface area contributed by atoms with E-state index < -0.39 is 8.07 Å². The Morgan fingerprint density at radius 2 is 0.820 bits per heavy atom. The van der Waals surface area contributed by atoms with Gasteiger partial charge in [0.1, 0.15) is 0 Å². The van der Waals surface area contributed by atoms with E-state index in [-0.39, 0.29) is 5.41 Å². The molecular formula is C81H57N5S2Si. The van der Waals surface area contributed by atoms with Gasteiger partial charge in [-0.25, -0.2) is 15.0 Å². The average molecular weight is 1190 g/mol. The van der Waals surface area contributed by atoms with Crippen LogP contribution >= 0.6 is 23.5 Å². The molecule has 0 N–H and O–H groups in total. The molecule has 0 amide bonds. The minimum absolute atomic E-state index is 0.283. The summed E-state index contributed by atoms with van der Waals surface area (Å²) < 4.78 is 4.63. The fourth-order valence-electron chi connectivity index (χ4n) is 14.4. The molecular weight excluding hydrogens is 1140 g/mol. The Bertz CT molecular complexity index is 5240. The van der Waals surface area contributed by atoms with E-state index in [1.165, 1.54) is 45.9 Å². The Balaban J connectivity index is 1.01. The van der Waals surface area contributed by atoms with Crippen molar-refractivity contribution in [3.8, 4) is 84.0 Å². The van der Waals surface area contributed by atoms with Crippen LogP contribution in [0.2, 0.25) is 0 Å². The van der Waals surface area contributed by atoms with Gasteiger partial charge in [-0.1, -0.05) is 269 Å². The van der Waals surface area contributed by atoms with Crippen LogP contribution in [0.5, 0.6) is 0 Å². The van der Waals surface area contributed by atoms with Gasteiger partial charge in [0.2, 0.25) is 5.78 Å².